The first kappa shape index (κ1) is 23.3. The van der Waals surface area contributed by atoms with E-state index in [0.717, 1.165) is 32.4 Å². The molecule has 2 aliphatic rings. The number of hydrogen-bond acceptors (Lipinski definition) is 8. The van der Waals surface area contributed by atoms with Gasteiger partial charge in [-0.2, -0.15) is 0 Å². The smallest absolute Gasteiger partial charge is 0.409 e. The van der Waals surface area contributed by atoms with Crippen molar-refractivity contribution in [1.29, 1.82) is 0 Å². The number of piperidine rings is 1. The van der Waals surface area contributed by atoms with Gasteiger partial charge < -0.3 is 24.2 Å². The van der Waals surface area contributed by atoms with Gasteiger partial charge in [0.05, 0.1) is 17.1 Å². The van der Waals surface area contributed by atoms with Crippen molar-refractivity contribution in [3.05, 3.63) is 33.9 Å². The second kappa shape index (κ2) is 10.8. The van der Waals surface area contributed by atoms with E-state index in [0.29, 0.717) is 31.9 Å². The Balaban J connectivity index is 1.55. The molecule has 2 saturated heterocycles. The molecule has 0 aromatic heterocycles. The van der Waals surface area contributed by atoms with Gasteiger partial charge in [0.25, 0.3) is 11.6 Å². The van der Waals surface area contributed by atoms with Gasteiger partial charge in [0.1, 0.15) is 5.69 Å². The van der Waals surface area contributed by atoms with Crippen LogP contribution >= 0.6 is 0 Å². The van der Waals surface area contributed by atoms with E-state index in [2.05, 4.69) is 0 Å². The molecule has 11 nitrogen and oxygen atoms in total. The SMILES string of the molecule is CCOC(=O)N1CCN(C(=O)COC(=O)c2ccc(N3CCCCC3)c([N+](=O)[O-])c2)CC1. The van der Waals surface area contributed by atoms with Crippen LogP contribution in [0.15, 0.2) is 18.2 Å². The molecule has 2 fully saturated rings. The largest absolute Gasteiger partial charge is 0.452 e. The predicted molar refractivity (Wildman–Crippen MR) is 115 cm³/mol. The lowest BCUT2D eigenvalue weighted by Gasteiger charge is -2.33. The lowest BCUT2D eigenvalue weighted by atomic mass is 10.1. The third-order valence-corrected chi connectivity index (χ3v) is 5.59. The molecule has 0 spiro atoms. The number of nitro benzene ring substituents is 1. The summed E-state index contributed by atoms with van der Waals surface area (Å²) in [4.78, 5) is 52.5. The van der Waals surface area contributed by atoms with Crippen molar-refractivity contribution in [2.24, 2.45) is 0 Å². The van der Waals surface area contributed by atoms with E-state index in [1.807, 2.05) is 4.90 Å². The fraction of sp³-hybridized carbons (Fsp3) is 0.571. The van der Waals surface area contributed by atoms with E-state index < -0.39 is 23.6 Å². The Kier molecular flexibility index (Phi) is 7.85. The van der Waals surface area contributed by atoms with Crippen molar-refractivity contribution in [1.82, 2.24) is 9.80 Å². The average molecular weight is 448 g/mol. The molecule has 174 valence electrons. The number of amides is 2. The average Bonchev–Trinajstić information content (AvgIpc) is 2.82. The molecule has 0 atom stereocenters. The fourth-order valence-electron chi connectivity index (χ4n) is 3.85. The lowest BCUT2D eigenvalue weighted by molar-refractivity contribution is -0.384. The maximum absolute atomic E-state index is 12.4. The molecule has 1 aromatic carbocycles. The van der Waals surface area contributed by atoms with Crippen LogP contribution in [0.2, 0.25) is 0 Å². The number of carbonyl (C=O) groups excluding carboxylic acids is 3. The number of nitrogens with zero attached hydrogens (tertiary/aromatic N) is 4. The van der Waals surface area contributed by atoms with Crippen LogP contribution in [0.5, 0.6) is 0 Å². The van der Waals surface area contributed by atoms with E-state index in [4.69, 9.17) is 9.47 Å². The number of rotatable bonds is 6. The molecule has 0 radical (unpaired) electrons. The zero-order valence-electron chi connectivity index (χ0n) is 18.2. The van der Waals surface area contributed by atoms with Gasteiger partial charge in [-0.15, -0.1) is 0 Å². The first-order valence-electron chi connectivity index (χ1n) is 10.8. The molecular weight excluding hydrogens is 420 g/mol. The van der Waals surface area contributed by atoms with Crippen LogP contribution in [-0.2, 0) is 14.3 Å². The van der Waals surface area contributed by atoms with Gasteiger partial charge in [0, 0.05) is 45.3 Å². The number of benzene rings is 1. The van der Waals surface area contributed by atoms with Crippen LogP contribution in [0, 0.1) is 10.1 Å². The van der Waals surface area contributed by atoms with Gasteiger partial charge in [-0.05, 0) is 38.3 Å². The van der Waals surface area contributed by atoms with Gasteiger partial charge in [0.2, 0.25) is 0 Å². The van der Waals surface area contributed by atoms with Crippen LogP contribution < -0.4 is 4.90 Å². The van der Waals surface area contributed by atoms with Gasteiger partial charge in [-0.25, -0.2) is 9.59 Å². The van der Waals surface area contributed by atoms with Crippen molar-refractivity contribution in [2.45, 2.75) is 26.2 Å². The van der Waals surface area contributed by atoms with E-state index in [-0.39, 0.29) is 23.8 Å². The first-order valence-corrected chi connectivity index (χ1v) is 10.8. The van der Waals surface area contributed by atoms with Gasteiger partial charge in [0.15, 0.2) is 6.61 Å². The third kappa shape index (κ3) is 5.65. The molecule has 2 amide bonds. The molecular formula is C21H28N4O7. The maximum Gasteiger partial charge on any atom is 0.409 e. The van der Waals surface area contributed by atoms with E-state index in [1.54, 1.807) is 13.0 Å². The van der Waals surface area contributed by atoms with E-state index >= 15 is 0 Å². The number of hydrogen-bond donors (Lipinski definition) is 0. The Morgan fingerprint density at radius 3 is 2.25 bits per heavy atom. The molecule has 11 heteroatoms. The predicted octanol–water partition coefficient (Wildman–Crippen LogP) is 2.04. The summed E-state index contributed by atoms with van der Waals surface area (Å²) in [6, 6.07) is 4.26. The van der Waals surface area contributed by atoms with Gasteiger partial charge in [-0.1, -0.05) is 0 Å². The standard InChI is InChI=1S/C21H28N4O7/c1-2-31-21(28)24-12-10-23(11-13-24)19(26)15-32-20(27)16-6-7-17(18(14-16)25(29)30)22-8-4-3-5-9-22/h6-7,14H,2-5,8-13,15H2,1H3. The highest BCUT2D eigenvalue weighted by Crippen LogP contribution is 2.31. The molecule has 0 bridgehead atoms. The van der Waals surface area contributed by atoms with Crippen molar-refractivity contribution >= 4 is 29.3 Å². The summed E-state index contributed by atoms with van der Waals surface area (Å²) in [5.74, 6) is -1.18. The number of esters is 1. The second-order valence-electron chi connectivity index (χ2n) is 7.65. The number of nitro groups is 1. The Morgan fingerprint density at radius 1 is 0.969 bits per heavy atom. The molecule has 32 heavy (non-hydrogen) atoms. The number of carbonyl (C=O) groups is 3. The zero-order chi connectivity index (χ0) is 23.1. The van der Waals surface area contributed by atoms with Crippen LogP contribution in [-0.4, -0.2) is 85.2 Å². The van der Waals surface area contributed by atoms with Crippen LogP contribution in [0.25, 0.3) is 0 Å². The molecule has 1 aromatic rings. The summed E-state index contributed by atoms with van der Waals surface area (Å²) in [7, 11) is 0. The lowest BCUT2D eigenvalue weighted by Crippen LogP contribution is -2.51. The number of anilines is 1. The highest BCUT2D eigenvalue weighted by atomic mass is 16.6. The third-order valence-electron chi connectivity index (χ3n) is 5.59. The summed E-state index contributed by atoms with van der Waals surface area (Å²) in [5.41, 5.74) is 0.363. The zero-order valence-corrected chi connectivity index (χ0v) is 18.2. The van der Waals surface area contributed by atoms with Crippen LogP contribution in [0.4, 0.5) is 16.2 Å². The molecule has 0 N–H and O–H groups in total. The van der Waals surface area contributed by atoms with Gasteiger partial charge in [-0.3, -0.25) is 14.9 Å². The second-order valence-corrected chi connectivity index (χ2v) is 7.65. The Bertz CT molecular complexity index is 862. The quantitative estimate of drug-likeness (QED) is 0.368. The monoisotopic (exact) mass is 448 g/mol. The normalized spacial score (nSPS) is 16.5. The van der Waals surface area contributed by atoms with Crippen LogP contribution in [0.3, 0.4) is 0 Å². The minimum atomic E-state index is -0.795. The molecule has 3 rings (SSSR count). The molecule has 0 aliphatic carbocycles. The van der Waals surface area contributed by atoms with Crippen molar-refractivity contribution in [3.63, 3.8) is 0 Å². The number of ether oxygens (including phenoxy) is 2. The first-order chi connectivity index (χ1) is 15.4. The van der Waals surface area contributed by atoms with E-state index in [1.165, 1.54) is 21.9 Å². The summed E-state index contributed by atoms with van der Waals surface area (Å²) < 4.78 is 10.0. The fourth-order valence-corrected chi connectivity index (χ4v) is 3.85. The summed E-state index contributed by atoms with van der Waals surface area (Å²) in [6.07, 6.45) is 2.62. The van der Waals surface area contributed by atoms with E-state index in [9.17, 15) is 24.5 Å². The highest BCUT2D eigenvalue weighted by Gasteiger charge is 2.27. The topological polar surface area (TPSA) is 123 Å². The highest BCUT2D eigenvalue weighted by molar-refractivity contribution is 5.93. The summed E-state index contributed by atoms with van der Waals surface area (Å²) in [5, 5.41) is 11.6. The minimum absolute atomic E-state index is 0.0254. The summed E-state index contributed by atoms with van der Waals surface area (Å²) in [6.45, 7) is 4.31. The number of piperazine rings is 1. The summed E-state index contributed by atoms with van der Waals surface area (Å²) >= 11 is 0. The van der Waals surface area contributed by atoms with Crippen LogP contribution in [0.1, 0.15) is 36.5 Å². The van der Waals surface area contributed by atoms with Crippen molar-refractivity contribution in [2.75, 3.05) is 57.4 Å². The van der Waals surface area contributed by atoms with Crippen molar-refractivity contribution in [3.8, 4) is 0 Å². The van der Waals surface area contributed by atoms with Gasteiger partial charge >= 0.3 is 12.1 Å². The van der Waals surface area contributed by atoms with Crippen molar-refractivity contribution < 1.29 is 28.8 Å². The molecule has 2 heterocycles. The molecule has 0 saturated carbocycles. The Hall–Kier alpha value is -3.37. The Labute approximate surface area is 186 Å². The Morgan fingerprint density at radius 2 is 1.62 bits per heavy atom. The minimum Gasteiger partial charge on any atom is -0.452 e. The molecule has 0 unspecified atom stereocenters. The molecule has 2 aliphatic heterocycles. The maximum atomic E-state index is 12.4.